The second-order valence-electron chi connectivity index (χ2n) is 7.09. The summed E-state index contributed by atoms with van der Waals surface area (Å²) in [6, 6.07) is 22.9. The molecule has 5 rings (SSSR count). The highest BCUT2D eigenvalue weighted by molar-refractivity contribution is 5.44. The largest absolute Gasteiger partial charge is 0.381 e. The van der Waals surface area contributed by atoms with E-state index in [1.165, 1.54) is 50.0 Å². The van der Waals surface area contributed by atoms with Crippen molar-refractivity contribution >= 4 is 5.69 Å². The van der Waals surface area contributed by atoms with E-state index in [9.17, 15) is 0 Å². The van der Waals surface area contributed by atoms with Crippen LogP contribution < -0.4 is 5.32 Å². The van der Waals surface area contributed by atoms with Crippen LogP contribution in [0.15, 0.2) is 60.7 Å². The van der Waals surface area contributed by atoms with Crippen molar-refractivity contribution in [3.05, 3.63) is 66.2 Å². The average molecular weight is 306 g/mol. The van der Waals surface area contributed by atoms with E-state index in [0.29, 0.717) is 12.1 Å². The van der Waals surface area contributed by atoms with Crippen molar-refractivity contribution in [3.8, 4) is 0 Å². The highest BCUT2D eigenvalue weighted by Gasteiger charge is 2.40. The zero-order chi connectivity index (χ0) is 15.5. The number of benzene rings is 2. The molecule has 0 radical (unpaired) electrons. The number of rotatable bonds is 5. The van der Waals surface area contributed by atoms with Gasteiger partial charge in [-0.2, -0.15) is 0 Å². The molecule has 2 heteroatoms. The van der Waals surface area contributed by atoms with Gasteiger partial charge in [0.25, 0.3) is 0 Å². The summed E-state index contributed by atoms with van der Waals surface area (Å²) in [5, 5.41) is 3.80. The highest BCUT2D eigenvalue weighted by Crippen LogP contribution is 2.36. The molecule has 3 aliphatic rings. The predicted octanol–water partition coefficient (Wildman–Crippen LogP) is 4.19. The van der Waals surface area contributed by atoms with Gasteiger partial charge in [-0.1, -0.05) is 48.5 Å². The lowest BCUT2D eigenvalue weighted by Gasteiger charge is -2.50. The number of anilines is 1. The summed E-state index contributed by atoms with van der Waals surface area (Å²) in [4.78, 5) is 2.74. The van der Waals surface area contributed by atoms with Gasteiger partial charge in [0.15, 0.2) is 0 Å². The maximum atomic E-state index is 3.80. The van der Waals surface area contributed by atoms with E-state index in [0.717, 1.165) is 5.92 Å². The Labute approximate surface area is 139 Å². The average Bonchev–Trinajstić information content (AvgIpc) is 2.62. The van der Waals surface area contributed by atoms with Crippen LogP contribution in [0.3, 0.4) is 0 Å². The fourth-order valence-electron chi connectivity index (χ4n) is 4.39. The smallest absolute Gasteiger partial charge is 0.0419 e. The SMILES string of the molecule is c1ccc(CCN2C[C@@H]3CC[C@@H]2[C@H](Nc2ccccc2)C3)cc1. The van der Waals surface area contributed by atoms with Crippen molar-refractivity contribution in [1.29, 1.82) is 0 Å². The number of fused-ring (bicyclic) bond motifs is 3. The summed E-state index contributed by atoms with van der Waals surface area (Å²) in [5.41, 5.74) is 2.73. The van der Waals surface area contributed by atoms with Gasteiger partial charge in [0.2, 0.25) is 0 Å². The Balaban J connectivity index is 1.41. The number of hydrogen-bond acceptors (Lipinski definition) is 2. The molecule has 3 fully saturated rings. The molecule has 0 aromatic heterocycles. The molecule has 1 aliphatic carbocycles. The minimum absolute atomic E-state index is 0.612. The van der Waals surface area contributed by atoms with E-state index in [2.05, 4.69) is 70.9 Å². The molecule has 2 aromatic rings. The predicted molar refractivity (Wildman–Crippen MR) is 96.7 cm³/mol. The van der Waals surface area contributed by atoms with E-state index in [1.807, 2.05) is 0 Å². The third-order valence-corrected chi connectivity index (χ3v) is 5.54. The molecule has 2 heterocycles. The van der Waals surface area contributed by atoms with Gasteiger partial charge in [-0.25, -0.2) is 0 Å². The lowest BCUT2D eigenvalue weighted by atomic mass is 9.76. The maximum absolute atomic E-state index is 3.80. The number of para-hydroxylation sites is 1. The van der Waals surface area contributed by atoms with Crippen molar-refractivity contribution in [2.45, 2.75) is 37.8 Å². The van der Waals surface area contributed by atoms with E-state index in [-0.39, 0.29) is 0 Å². The summed E-state index contributed by atoms with van der Waals surface area (Å²) in [7, 11) is 0. The Hall–Kier alpha value is -1.80. The summed E-state index contributed by atoms with van der Waals surface area (Å²) in [6.07, 6.45) is 5.27. The topological polar surface area (TPSA) is 15.3 Å². The summed E-state index contributed by atoms with van der Waals surface area (Å²) >= 11 is 0. The third-order valence-electron chi connectivity index (χ3n) is 5.54. The van der Waals surface area contributed by atoms with Gasteiger partial charge in [-0.3, -0.25) is 4.90 Å². The molecule has 2 saturated heterocycles. The van der Waals surface area contributed by atoms with Crippen molar-refractivity contribution in [2.75, 3.05) is 18.4 Å². The van der Waals surface area contributed by atoms with Crippen LogP contribution in [0.2, 0.25) is 0 Å². The van der Waals surface area contributed by atoms with Crippen molar-refractivity contribution in [2.24, 2.45) is 5.92 Å². The maximum Gasteiger partial charge on any atom is 0.0419 e. The number of piperidine rings is 2. The quantitative estimate of drug-likeness (QED) is 0.891. The Bertz CT molecular complexity index is 610. The Morgan fingerprint density at radius 2 is 1.65 bits per heavy atom. The number of hydrogen-bond donors (Lipinski definition) is 1. The van der Waals surface area contributed by atoms with E-state index < -0.39 is 0 Å². The zero-order valence-electron chi connectivity index (χ0n) is 13.7. The van der Waals surface area contributed by atoms with Crippen molar-refractivity contribution < 1.29 is 0 Å². The summed E-state index contributed by atoms with van der Waals surface area (Å²) in [6.45, 7) is 2.49. The molecule has 1 saturated carbocycles. The van der Waals surface area contributed by atoms with Crippen LogP contribution in [-0.2, 0) is 6.42 Å². The third kappa shape index (κ3) is 3.42. The standard InChI is InChI=1S/C21H26N2/c1-3-7-17(8-4-1)13-14-23-16-18-11-12-21(23)20(15-18)22-19-9-5-2-6-10-19/h1-10,18,20-22H,11-16H2/t18-,20-,21-/m1/s1. The lowest BCUT2D eigenvalue weighted by molar-refractivity contribution is 0.0396. The molecule has 1 N–H and O–H groups in total. The molecule has 2 bridgehead atoms. The molecular weight excluding hydrogens is 280 g/mol. The molecular formula is C21H26N2. The van der Waals surface area contributed by atoms with Gasteiger partial charge >= 0.3 is 0 Å². The molecule has 0 spiro atoms. The van der Waals surface area contributed by atoms with E-state index >= 15 is 0 Å². The summed E-state index contributed by atoms with van der Waals surface area (Å²) < 4.78 is 0. The molecule has 0 amide bonds. The number of nitrogens with zero attached hydrogens (tertiary/aromatic N) is 1. The van der Waals surface area contributed by atoms with Crippen LogP contribution >= 0.6 is 0 Å². The van der Waals surface area contributed by atoms with Crippen LogP contribution in [0.1, 0.15) is 24.8 Å². The Morgan fingerprint density at radius 1 is 0.913 bits per heavy atom. The number of nitrogens with one attached hydrogen (secondary N) is 1. The molecule has 120 valence electrons. The van der Waals surface area contributed by atoms with Crippen LogP contribution in [0.5, 0.6) is 0 Å². The fraction of sp³-hybridized carbons (Fsp3) is 0.429. The second kappa shape index (κ2) is 6.76. The van der Waals surface area contributed by atoms with Crippen LogP contribution in [0, 0.1) is 5.92 Å². The monoisotopic (exact) mass is 306 g/mol. The summed E-state index contributed by atoms with van der Waals surface area (Å²) in [5.74, 6) is 0.872. The first kappa shape index (κ1) is 14.8. The highest BCUT2D eigenvalue weighted by atomic mass is 15.2. The van der Waals surface area contributed by atoms with Gasteiger partial charge in [-0.05, 0) is 49.3 Å². The first-order valence-electron chi connectivity index (χ1n) is 8.98. The fourth-order valence-corrected chi connectivity index (χ4v) is 4.39. The molecule has 2 nitrogen and oxygen atoms in total. The first-order valence-corrected chi connectivity index (χ1v) is 8.98. The lowest BCUT2D eigenvalue weighted by Crippen LogP contribution is -2.58. The van der Waals surface area contributed by atoms with Crippen LogP contribution in [0.4, 0.5) is 5.69 Å². The van der Waals surface area contributed by atoms with Gasteiger partial charge in [0.1, 0.15) is 0 Å². The van der Waals surface area contributed by atoms with Crippen molar-refractivity contribution in [1.82, 2.24) is 4.90 Å². The van der Waals surface area contributed by atoms with E-state index in [1.54, 1.807) is 0 Å². The Morgan fingerprint density at radius 3 is 2.39 bits per heavy atom. The normalized spacial score (nSPS) is 27.0. The molecule has 2 aromatic carbocycles. The minimum Gasteiger partial charge on any atom is -0.381 e. The van der Waals surface area contributed by atoms with Gasteiger partial charge in [0, 0.05) is 30.9 Å². The Kier molecular flexibility index (Phi) is 4.34. The van der Waals surface area contributed by atoms with Gasteiger partial charge in [0.05, 0.1) is 0 Å². The van der Waals surface area contributed by atoms with Gasteiger partial charge < -0.3 is 5.32 Å². The van der Waals surface area contributed by atoms with Crippen LogP contribution in [-0.4, -0.2) is 30.1 Å². The minimum atomic E-state index is 0.612. The zero-order valence-corrected chi connectivity index (χ0v) is 13.7. The molecule has 3 atom stereocenters. The van der Waals surface area contributed by atoms with E-state index in [4.69, 9.17) is 0 Å². The molecule has 0 unspecified atom stereocenters. The van der Waals surface area contributed by atoms with Crippen LogP contribution in [0.25, 0.3) is 0 Å². The van der Waals surface area contributed by atoms with Crippen molar-refractivity contribution in [3.63, 3.8) is 0 Å². The van der Waals surface area contributed by atoms with Gasteiger partial charge in [-0.15, -0.1) is 0 Å². The molecule has 2 aliphatic heterocycles. The molecule has 23 heavy (non-hydrogen) atoms. The second-order valence-corrected chi connectivity index (χ2v) is 7.09. The first-order chi connectivity index (χ1) is 11.4.